The van der Waals surface area contributed by atoms with Crippen molar-refractivity contribution in [1.82, 2.24) is 20.4 Å². The minimum absolute atomic E-state index is 0.181. The first kappa shape index (κ1) is 17.0. The number of amides is 1. The molecule has 4 bridgehead atoms. The van der Waals surface area contributed by atoms with E-state index in [2.05, 4.69) is 15.5 Å². The fourth-order valence-electron chi connectivity index (χ4n) is 5.64. The van der Waals surface area contributed by atoms with Crippen LogP contribution in [0, 0.1) is 29.6 Å². The lowest BCUT2D eigenvalue weighted by molar-refractivity contribution is -0.140. The lowest BCUT2D eigenvalue weighted by atomic mass is 9.51. The maximum atomic E-state index is 13.1. The molecule has 0 atom stereocenters. The molecule has 0 radical (unpaired) electrons. The van der Waals surface area contributed by atoms with E-state index in [0.29, 0.717) is 30.1 Å². The van der Waals surface area contributed by atoms with E-state index in [4.69, 9.17) is 4.52 Å². The van der Waals surface area contributed by atoms with Gasteiger partial charge >= 0.3 is 0 Å². The van der Waals surface area contributed by atoms with Crippen molar-refractivity contribution in [1.29, 1.82) is 0 Å². The molecule has 0 unspecified atom stereocenters. The lowest BCUT2D eigenvalue weighted by Gasteiger charge is -2.54. The number of carbonyl (C=O) groups excluding carboxylic acids is 1. The average molecular weight is 346 g/mol. The number of hydrogen-bond donors (Lipinski definition) is 1. The summed E-state index contributed by atoms with van der Waals surface area (Å²) in [6.07, 6.45) is 6.41. The Morgan fingerprint density at radius 3 is 2.32 bits per heavy atom. The van der Waals surface area contributed by atoms with Crippen LogP contribution < -0.4 is 5.32 Å². The van der Waals surface area contributed by atoms with Gasteiger partial charge in [0.25, 0.3) is 0 Å². The van der Waals surface area contributed by atoms with E-state index in [9.17, 15) is 4.79 Å². The molecule has 6 nitrogen and oxygen atoms in total. The number of aromatic nitrogens is 2. The topological polar surface area (TPSA) is 71.3 Å². The Morgan fingerprint density at radius 2 is 1.76 bits per heavy atom. The Morgan fingerprint density at radius 1 is 1.16 bits per heavy atom. The van der Waals surface area contributed by atoms with Crippen molar-refractivity contribution in [2.75, 3.05) is 14.1 Å². The van der Waals surface area contributed by atoms with Crippen molar-refractivity contribution in [3.63, 3.8) is 0 Å². The largest absolute Gasteiger partial charge is 0.344 e. The summed E-state index contributed by atoms with van der Waals surface area (Å²) in [5, 5.41) is 7.33. The van der Waals surface area contributed by atoms with E-state index in [-0.39, 0.29) is 11.8 Å². The van der Waals surface area contributed by atoms with Crippen molar-refractivity contribution in [2.45, 2.75) is 58.0 Å². The van der Waals surface area contributed by atoms with E-state index < -0.39 is 5.54 Å². The molecular weight excluding hydrogens is 316 g/mol. The molecule has 4 aliphatic carbocycles. The van der Waals surface area contributed by atoms with Gasteiger partial charge in [-0.25, -0.2) is 0 Å². The van der Waals surface area contributed by atoms with E-state index in [1.165, 1.54) is 32.1 Å². The molecule has 4 saturated carbocycles. The zero-order valence-electron chi connectivity index (χ0n) is 15.8. The van der Waals surface area contributed by atoms with E-state index in [1.54, 1.807) is 0 Å². The molecule has 1 aromatic heterocycles. The molecule has 1 aromatic rings. The summed E-state index contributed by atoms with van der Waals surface area (Å²) in [4.78, 5) is 19.6. The second kappa shape index (κ2) is 6.08. The van der Waals surface area contributed by atoms with Crippen LogP contribution in [-0.2, 0) is 16.9 Å². The van der Waals surface area contributed by atoms with Crippen LogP contribution in [0.4, 0.5) is 0 Å². The molecule has 0 spiro atoms. The third-order valence-corrected chi connectivity index (χ3v) is 6.44. The fourth-order valence-corrected chi connectivity index (χ4v) is 5.64. The highest BCUT2D eigenvalue weighted by Gasteiger charge is 2.51. The highest BCUT2D eigenvalue weighted by Crippen LogP contribution is 2.56. The first-order valence-electron chi connectivity index (χ1n) is 9.61. The predicted molar refractivity (Wildman–Crippen MR) is 93.4 cm³/mol. The Hall–Kier alpha value is -1.43. The number of nitrogens with zero attached hydrogens (tertiary/aromatic N) is 3. The first-order chi connectivity index (χ1) is 11.8. The average Bonchev–Trinajstić information content (AvgIpc) is 2.94. The van der Waals surface area contributed by atoms with Gasteiger partial charge in [-0.2, -0.15) is 4.98 Å². The highest BCUT2D eigenvalue weighted by molar-refractivity contribution is 5.80. The lowest BCUT2D eigenvalue weighted by Crippen LogP contribution is -2.54. The van der Waals surface area contributed by atoms with E-state index >= 15 is 0 Å². The normalized spacial score (nSPS) is 33.9. The van der Waals surface area contributed by atoms with Gasteiger partial charge in [0.15, 0.2) is 5.82 Å². The van der Waals surface area contributed by atoms with Crippen LogP contribution in [-0.4, -0.2) is 35.0 Å². The zero-order valence-corrected chi connectivity index (χ0v) is 15.8. The second-order valence-corrected chi connectivity index (χ2v) is 9.32. The molecule has 4 fully saturated rings. The third kappa shape index (κ3) is 3.21. The molecule has 0 saturated heterocycles. The summed E-state index contributed by atoms with van der Waals surface area (Å²) >= 11 is 0. The number of hydrogen-bond acceptors (Lipinski definition) is 5. The summed E-state index contributed by atoms with van der Waals surface area (Å²) in [7, 11) is 3.92. The Bertz CT molecular complexity index is 624. The molecule has 1 amide bonds. The molecule has 6 heteroatoms. The summed E-state index contributed by atoms with van der Waals surface area (Å²) in [5.74, 6) is 4.44. The Kier molecular flexibility index (Phi) is 4.13. The van der Waals surface area contributed by atoms with Gasteiger partial charge in [0, 0.05) is 5.92 Å². The van der Waals surface area contributed by atoms with Crippen molar-refractivity contribution in [3.05, 3.63) is 11.7 Å². The minimum Gasteiger partial charge on any atom is -0.344 e. The number of carbonyl (C=O) groups is 1. The van der Waals surface area contributed by atoms with Crippen LogP contribution in [0.3, 0.4) is 0 Å². The smallest absolute Gasteiger partial charge is 0.240 e. The van der Waals surface area contributed by atoms with Crippen LogP contribution in [0.5, 0.6) is 0 Å². The monoisotopic (exact) mass is 346 g/mol. The van der Waals surface area contributed by atoms with Crippen molar-refractivity contribution < 1.29 is 9.32 Å². The SMILES string of the molecule is CN(C)Cc1nc(C(C)(C)NC(=O)C2C3CC4CC(C3)CC2C4)no1. The summed E-state index contributed by atoms with van der Waals surface area (Å²) in [6, 6.07) is 0. The van der Waals surface area contributed by atoms with Crippen molar-refractivity contribution in [3.8, 4) is 0 Å². The van der Waals surface area contributed by atoms with Gasteiger partial charge in [-0.3, -0.25) is 4.79 Å². The standard InChI is InChI=1S/C19H30N4O2/c1-19(2,18-20-15(25-22-18)10-23(3)4)21-17(24)16-13-6-11-5-12(8-13)9-14(16)7-11/h11-14,16H,5-10H2,1-4H3,(H,21,24). The maximum Gasteiger partial charge on any atom is 0.240 e. The second-order valence-electron chi connectivity index (χ2n) is 9.32. The van der Waals surface area contributed by atoms with E-state index in [0.717, 1.165) is 11.8 Å². The van der Waals surface area contributed by atoms with Crippen molar-refractivity contribution >= 4 is 5.91 Å². The molecule has 5 rings (SSSR count). The summed E-state index contributed by atoms with van der Waals surface area (Å²) < 4.78 is 5.33. The first-order valence-corrected chi connectivity index (χ1v) is 9.61. The minimum atomic E-state index is -0.611. The van der Waals surface area contributed by atoms with Crippen LogP contribution in [0.15, 0.2) is 4.52 Å². The van der Waals surface area contributed by atoms with Gasteiger partial charge in [0.1, 0.15) is 0 Å². The van der Waals surface area contributed by atoms with Crippen molar-refractivity contribution in [2.24, 2.45) is 29.6 Å². The van der Waals surface area contributed by atoms with E-state index in [1.807, 2.05) is 32.8 Å². The molecular formula is C19H30N4O2. The summed E-state index contributed by atoms with van der Waals surface area (Å²) in [6.45, 7) is 4.53. The maximum absolute atomic E-state index is 13.1. The Balaban J connectivity index is 1.45. The molecule has 1 heterocycles. The molecule has 25 heavy (non-hydrogen) atoms. The van der Waals surface area contributed by atoms with Crippen LogP contribution >= 0.6 is 0 Å². The molecule has 0 aromatic carbocycles. The van der Waals surface area contributed by atoms with Gasteiger partial charge in [0.05, 0.1) is 12.1 Å². The molecule has 4 aliphatic rings. The fraction of sp³-hybridized carbons (Fsp3) is 0.842. The van der Waals surface area contributed by atoms with Crippen LogP contribution in [0.25, 0.3) is 0 Å². The molecule has 1 N–H and O–H groups in total. The number of rotatable bonds is 5. The van der Waals surface area contributed by atoms with Gasteiger partial charge in [-0.15, -0.1) is 0 Å². The third-order valence-electron chi connectivity index (χ3n) is 6.44. The quantitative estimate of drug-likeness (QED) is 0.887. The van der Waals surface area contributed by atoms with Crippen LogP contribution in [0.2, 0.25) is 0 Å². The number of nitrogens with one attached hydrogen (secondary N) is 1. The predicted octanol–water partition coefficient (Wildman–Crippen LogP) is 2.55. The Labute approximate surface area is 149 Å². The van der Waals surface area contributed by atoms with Crippen LogP contribution in [0.1, 0.15) is 57.7 Å². The summed E-state index contributed by atoms with van der Waals surface area (Å²) in [5.41, 5.74) is -0.611. The van der Waals surface area contributed by atoms with Gasteiger partial charge in [0.2, 0.25) is 11.8 Å². The molecule has 138 valence electrons. The molecule has 0 aliphatic heterocycles. The van der Waals surface area contributed by atoms with Gasteiger partial charge < -0.3 is 14.7 Å². The zero-order chi connectivity index (χ0) is 17.8. The van der Waals surface area contributed by atoms with Gasteiger partial charge in [-0.05, 0) is 83.7 Å². The highest BCUT2D eigenvalue weighted by atomic mass is 16.5. The van der Waals surface area contributed by atoms with Gasteiger partial charge in [-0.1, -0.05) is 5.16 Å².